The number of rotatable bonds is 5. The SMILES string of the molecule is CSCCC(C)N(C)C(=O)c1cc(Cl)ccn1. The lowest BCUT2D eigenvalue weighted by Gasteiger charge is -2.24. The van der Waals surface area contributed by atoms with E-state index in [0.29, 0.717) is 10.7 Å². The van der Waals surface area contributed by atoms with Crippen molar-refractivity contribution in [2.45, 2.75) is 19.4 Å². The van der Waals surface area contributed by atoms with Crippen LogP contribution < -0.4 is 0 Å². The number of thioether (sulfide) groups is 1. The lowest BCUT2D eigenvalue weighted by Crippen LogP contribution is -2.35. The first-order chi connectivity index (χ1) is 8.06. The number of aromatic nitrogens is 1. The van der Waals surface area contributed by atoms with Crippen LogP contribution in [0.5, 0.6) is 0 Å². The Hall–Kier alpha value is -0.740. The van der Waals surface area contributed by atoms with Gasteiger partial charge in [-0.3, -0.25) is 9.78 Å². The Bertz CT molecular complexity index is 387. The molecule has 3 nitrogen and oxygen atoms in total. The molecule has 0 saturated carbocycles. The molecule has 1 atom stereocenters. The predicted octanol–water partition coefficient (Wildman–Crippen LogP) is 2.95. The van der Waals surface area contributed by atoms with E-state index in [-0.39, 0.29) is 11.9 Å². The predicted molar refractivity (Wildman–Crippen MR) is 73.8 cm³/mol. The quantitative estimate of drug-likeness (QED) is 0.826. The fourth-order valence-electron chi connectivity index (χ4n) is 1.38. The van der Waals surface area contributed by atoms with Crippen LogP contribution in [0.4, 0.5) is 0 Å². The van der Waals surface area contributed by atoms with E-state index in [1.54, 1.807) is 42.0 Å². The number of amides is 1. The van der Waals surface area contributed by atoms with Crippen LogP contribution in [-0.4, -0.2) is 40.9 Å². The lowest BCUT2D eigenvalue weighted by molar-refractivity contribution is 0.0735. The Kier molecular flexibility index (Phi) is 5.78. The molecular weight excluding hydrogens is 256 g/mol. The average Bonchev–Trinajstić information content (AvgIpc) is 2.34. The van der Waals surface area contributed by atoms with Crippen LogP contribution in [0.1, 0.15) is 23.8 Å². The number of carbonyl (C=O) groups is 1. The summed E-state index contributed by atoms with van der Waals surface area (Å²) < 4.78 is 0. The van der Waals surface area contributed by atoms with Gasteiger partial charge in [0.1, 0.15) is 5.69 Å². The molecule has 0 aliphatic rings. The van der Waals surface area contributed by atoms with Crippen LogP contribution in [0, 0.1) is 0 Å². The molecule has 0 aromatic carbocycles. The van der Waals surface area contributed by atoms with Gasteiger partial charge in [0.05, 0.1) is 0 Å². The van der Waals surface area contributed by atoms with Gasteiger partial charge in [-0.25, -0.2) is 0 Å². The molecule has 0 saturated heterocycles. The third kappa shape index (κ3) is 4.21. The smallest absolute Gasteiger partial charge is 0.272 e. The molecule has 1 aromatic rings. The van der Waals surface area contributed by atoms with Gasteiger partial charge in [-0.2, -0.15) is 11.8 Å². The van der Waals surface area contributed by atoms with Gasteiger partial charge in [0.2, 0.25) is 0 Å². The van der Waals surface area contributed by atoms with E-state index in [0.717, 1.165) is 12.2 Å². The van der Waals surface area contributed by atoms with Gasteiger partial charge in [-0.1, -0.05) is 11.6 Å². The van der Waals surface area contributed by atoms with Gasteiger partial charge in [-0.05, 0) is 37.5 Å². The highest BCUT2D eigenvalue weighted by atomic mass is 35.5. The third-order valence-electron chi connectivity index (χ3n) is 2.66. The molecule has 0 fully saturated rings. The molecule has 0 bridgehead atoms. The third-order valence-corrected chi connectivity index (χ3v) is 3.54. The number of hydrogen-bond donors (Lipinski definition) is 0. The van der Waals surface area contributed by atoms with E-state index in [1.165, 1.54) is 0 Å². The first-order valence-electron chi connectivity index (χ1n) is 5.44. The molecule has 5 heteroatoms. The fraction of sp³-hybridized carbons (Fsp3) is 0.500. The molecule has 0 aliphatic heterocycles. The van der Waals surface area contributed by atoms with Gasteiger partial charge in [0.15, 0.2) is 0 Å². The van der Waals surface area contributed by atoms with Crippen molar-refractivity contribution in [2.24, 2.45) is 0 Å². The second-order valence-electron chi connectivity index (χ2n) is 3.91. The van der Waals surface area contributed by atoms with Crippen LogP contribution in [-0.2, 0) is 0 Å². The largest absolute Gasteiger partial charge is 0.338 e. The Balaban J connectivity index is 2.69. The molecule has 1 rings (SSSR count). The van der Waals surface area contributed by atoms with E-state index < -0.39 is 0 Å². The summed E-state index contributed by atoms with van der Waals surface area (Å²) in [5, 5.41) is 0.536. The van der Waals surface area contributed by atoms with Crippen LogP contribution in [0.2, 0.25) is 5.02 Å². The van der Waals surface area contributed by atoms with E-state index in [1.807, 2.05) is 6.92 Å². The molecule has 1 aromatic heterocycles. The second kappa shape index (κ2) is 6.87. The minimum atomic E-state index is -0.0823. The zero-order chi connectivity index (χ0) is 12.8. The monoisotopic (exact) mass is 272 g/mol. The number of pyridine rings is 1. The van der Waals surface area contributed by atoms with E-state index >= 15 is 0 Å². The summed E-state index contributed by atoms with van der Waals surface area (Å²) in [6.07, 6.45) is 4.59. The Morgan fingerprint density at radius 3 is 2.94 bits per heavy atom. The Morgan fingerprint density at radius 1 is 1.65 bits per heavy atom. The van der Waals surface area contributed by atoms with Crippen molar-refractivity contribution >= 4 is 29.3 Å². The molecule has 0 spiro atoms. The molecule has 17 heavy (non-hydrogen) atoms. The highest BCUT2D eigenvalue weighted by molar-refractivity contribution is 7.98. The molecule has 1 heterocycles. The van der Waals surface area contributed by atoms with Gasteiger partial charge in [0.25, 0.3) is 5.91 Å². The maximum atomic E-state index is 12.1. The van der Waals surface area contributed by atoms with Crippen molar-refractivity contribution < 1.29 is 4.79 Å². The summed E-state index contributed by atoms with van der Waals surface area (Å²) in [6, 6.07) is 3.47. The highest BCUT2D eigenvalue weighted by Gasteiger charge is 2.18. The Morgan fingerprint density at radius 2 is 2.35 bits per heavy atom. The first-order valence-corrected chi connectivity index (χ1v) is 7.21. The zero-order valence-corrected chi connectivity index (χ0v) is 11.9. The standard InChI is InChI=1S/C12H17ClN2OS/c1-9(5-7-17-3)15(2)12(16)11-8-10(13)4-6-14-11/h4,6,8-9H,5,7H2,1-3H3. The molecule has 0 aliphatic carbocycles. The topological polar surface area (TPSA) is 33.2 Å². The van der Waals surface area contributed by atoms with Gasteiger partial charge in [-0.15, -0.1) is 0 Å². The maximum absolute atomic E-state index is 12.1. The lowest BCUT2D eigenvalue weighted by atomic mass is 10.2. The first kappa shape index (κ1) is 14.3. The summed E-state index contributed by atoms with van der Waals surface area (Å²) in [6.45, 7) is 2.04. The normalized spacial score (nSPS) is 12.2. The van der Waals surface area contributed by atoms with Crippen molar-refractivity contribution in [1.82, 2.24) is 9.88 Å². The van der Waals surface area contributed by atoms with Crippen LogP contribution in [0.15, 0.2) is 18.3 Å². The van der Waals surface area contributed by atoms with Gasteiger partial charge in [0, 0.05) is 24.3 Å². The van der Waals surface area contributed by atoms with Crippen molar-refractivity contribution in [3.8, 4) is 0 Å². The minimum absolute atomic E-state index is 0.0823. The fourth-order valence-corrected chi connectivity index (χ4v) is 2.12. The number of hydrogen-bond acceptors (Lipinski definition) is 3. The van der Waals surface area contributed by atoms with Crippen molar-refractivity contribution in [2.75, 3.05) is 19.1 Å². The van der Waals surface area contributed by atoms with Crippen LogP contribution >= 0.6 is 23.4 Å². The molecule has 94 valence electrons. The molecule has 0 radical (unpaired) electrons. The van der Waals surface area contributed by atoms with Crippen molar-refractivity contribution in [1.29, 1.82) is 0 Å². The van der Waals surface area contributed by atoms with E-state index in [9.17, 15) is 4.79 Å². The number of halogens is 1. The van der Waals surface area contributed by atoms with E-state index in [4.69, 9.17) is 11.6 Å². The summed E-state index contributed by atoms with van der Waals surface area (Å²) >= 11 is 7.63. The zero-order valence-electron chi connectivity index (χ0n) is 10.3. The van der Waals surface area contributed by atoms with Crippen LogP contribution in [0.25, 0.3) is 0 Å². The van der Waals surface area contributed by atoms with Gasteiger partial charge >= 0.3 is 0 Å². The number of carbonyl (C=O) groups excluding carboxylic acids is 1. The summed E-state index contributed by atoms with van der Waals surface area (Å²) in [7, 11) is 1.80. The van der Waals surface area contributed by atoms with E-state index in [2.05, 4.69) is 11.2 Å². The minimum Gasteiger partial charge on any atom is -0.338 e. The number of nitrogens with zero attached hydrogens (tertiary/aromatic N) is 2. The summed E-state index contributed by atoms with van der Waals surface area (Å²) in [5.74, 6) is 0.961. The molecule has 0 N–H and O–H groups in total. The van der Waals surface area contributed by atoms with Gasteiger partial charge < -0.3 is 4.90 Å². The maximum Gasteiger partial charge on any atom is 0.272 e. The van der Waals surface area contributed by atoms with Crippen LogP contribution in [0.3, 0.4) is 0 Å². The summed E-state index contributed by atoms with van der Waals surface area (Å²) in [4.78, 5) is 17.9. The molecular formula is C12H17ClN2OS. The van der Waals surface area contributed by atoms with Crippen molar-refractivity contribution in [3.63, 3.8) is 0 Å². The average molecular weight is 273 g/mol. The van der Waals surface area contributed by atoms with Crippen molar-refractivity contribution in [3.05, 3.63) is 29.0 Å². The Labute approximate surface area is 112 Å². The summed E-state index contributed by atoms with van der Waals surface area (Å²) in [5.41, 5.74) is 0.399. The second-order valence-corrected chi connectivity index (χ2v) is 5.33. The molecule has 1 amide bonds. The molecule has 1 unspecified atom stereocenters. The highest BCUT2D eigenvalue weighted by Crippen LogP contribution is 2.12.